The summed E-state index contributed by atoms with van der Waals surface area (Å²) >= 11 is 6.65. The van der Waals surface area contributed by atoms with Gasteiger partial charge in [0.25, 0.3) is 0 Å². The normalized spacial score (nSPS) is 10.3. The maximum absolute atomic E-state index is 13.2. The number of nitrogens with zero attached hydrogens (tertiary/aromatic N) is 1. The number of thiocarbonyl (C=S) groups is 1. The summed E-state index contributed by atoms with van der Waals surface area (Å²) in [6, 6.07) is 8.57. The highest BCUT2D eigenvalue weighted by molar-refractivity contribution is 7.80. The second-order valence-corrected chi connectivity index (χ2v) is 5.43. The number of thiophene rings is 1. The van der Waals surface area contributed by atoms with Gasteiger partial charge < -0.3 is 10.6 Å². The molecule has 0 aliphatic heterocycles. The maximum Gasteiger partial charge on any atom is 0.124 e. The van der Waals surface area contributed by atoms with Gasteiger partial charge in [-0.25, -0.2) is 4.39 Å². The molecule has 0 aliphatic rings. The molecule has 0 fully saturated rings. The van der Waals surface area contributed by atoms with Crippen LogP contribution in [0.2, 0.25) is 0 Å². The van der Waals surface area contributed by atoms with Crippen LogP contribution in [0, 0.1) is 5.82 Å². The molecule has 2 aromatic rings. The van der Waals surface area contributed by atoms with Crippen molar-refractivity contribution in [3.8, 4) is 0 Å². The highest BCUT2D eigenvalue weighted by Crippen LogP contribution is 2.23. The summed E-state index contributed by atoms with van der Waals surface area (Å²) in [5, 5.41) is 2.03. The summed E-state index contributed by atoms with van der Waals surface area (Å²) in [6.07, 6.45) is 0. The molecule has 2 rings (SSSR count). The first-order chi connectivity index (χ1) is 8.58. The van der Waals surface area contributed by atoms with E-state index in [0.29, 0.717) is 5.56 Å². The molecule has 2 N–H and O–H groups in total. The fourth-order valence-corrected chi connectivity index (χ4v) is 2.68. The predicted octanol–water partition coefficient (Wildman–Crippen LogP) is 3.16. The van der Waals surface area contributed by atoms with Crippen LogP contribution in [0.5, 0.6) is 0 Å². The Balaban J connectivity index is 2.29. The number of hydrogen-bond donors (Lipinski definition) is 1. The zero-order chi connectivity index (χ0) is 13.1. The van der Waals surface area contributed by atoms with E-state index in [1.165, 1.54) is 17.0 Å². The molecule has 0 aliphatic carbocycles. The lowest BCUT2D eigenvalue weighted by Crippen LogP contribution is -2.21. The average Bonchev–Trinajstić information content (AvgIpc) is 2.81. The first-order valence-electron chi connectivity index (χ1n) is 5.41. The first kappa shape index (κ1) is 13.0. The van der Waals surface area contributed by atoms with Crippen molar-refractivity contribution in [1.82, 2.24) is 0 Å². The van der Waals surface area contributed by atoms with Crippen LogP contribution in [0.3, 0.4) is 0 Å². The molecule has 1 heterocycles. The Morgan fingerprint density at radius 3 is 2.83 bits per heavy atom. The molecular formula is C13H13FN2S2. The molecule has 0 saturated heterocycles. The van der Waals surface area contributed by atoms with E-state index in [-0.39, 0.29) is 10.8 Å². The van der Waals surface area contributed by atoms with Crippen molar-refractivity contribution in [3.05, 3.63) is 52.0 Å². The Morgan fingerprint density at radius 2 is 2.22 bits per heavy atom. The summed E-state index contributed by atoms with van der Waals surface area (Å²) in [6.45, 7) is 0.749. The molecule has 94 valence electrons. The van der Waals surface area contributed by atoms with Crippen molar-refractivity contribution >= 4 is 34.2 Å². The smallest absolute Gasteiger partial charge is 0.124 e. The molecule has 1 aromatic carbocycles. The van der Waals surface area contributed by atoms with Crippen molar-refractivity contribution in [2.45, 2.75) is 6.54 Å². The van der Waals surface area contributed by atoms with E-state index in [4.69, 9.17) is 18.0 Å². The maximum atomic E-state index is 13.2. The van der Waals surface area contributed by atoms with Crippen molar-refractivity contribution < 1.29 is 4.39 Å². The van der Waals surface area contributed by atoms with E-state index < -0.39 is 0 Å². The molecule has 0 radical (unpaired) electrons. The standard InChI is InChI=1S/C13H13FN2S2/c1-16(8-10-3-2-6-18-10)12-5-4-9(14)7-11(12)13(15)17/h2-7H,8H2,1H3,(H2,15,17). The van der Waals surface area contributed by atoms with Gasteiger partial charge in [-0.2, -0.15) is 0 Å². The first-order valence-corrected chi connectivity index (χ1v) is 6.69. The second kappa shape index (κ2) is 5.46. The van der Waals surface area contributed by atoms with E-state index in [9.17, 15) is 4.39 Å². The third kappa shape index (κ3) is 2.86. The minimum Gasteiger partial charge on any atom is -0.389 e. The molecule has 0 amide bonds. The number of anilines is 1. The van der Waals surface area contributed by atoms with Gasteiger partial charge in [0.2, 0.25) is 0 Å². The van der Waals surface area contributed by atoms with Gasteiger partial charge in [-0.1, -0.05) is 18.3 Å². The van der Waals surface area contributed by atoms with Gasteiger partial charge in [0.1, 0.15) is 10.8 Å². The Bertz CT molecular complexity index is 552. The van der Waals surface area contributed by atoms with Crippen LogP contribution in [0.4, 0.5) is 10.1 Å². The number of benzene rings is 1. The lowest BCUT2D eigenvalue weighted by molar-refractivity contribution is 0.627. The van der Waals surface area contributed by atoms with E-state index >= 15 is 0 Å². The molecular weight excluding hydrogens is 267 g/mol. The van der Waals surface area contributed by atoms with Gasteiger partial charge >= 0.3 is 0 Å². The Hall–Kier alpha value is -1.46. The lowest BCUT2D eigenvalue weighted by atomic mass is 10.1. The van der Waals surface area contributed by atoms with Gasteiger partial charge in [-0.05, 0) is 29.6 Å². The van der Waals surface area contributed by atoms with E-state index in [0.717, 1.165) is 12.2 Å². The Labute approximate surface area is 115 Å². The third-order valence-electron chi connectivity index (χ3n) is 2.61. The number of nitrogens with two attached hydrogens (primary N) is 1. The largest absolute Gasteiger partial charge is 0.389 e. The van der Waals surface area contributed by atoms with Crippen LogP contribution in [-0.4, -0.2) is 12.0 Å². The highest BCUT2D eigenvalue weighted by atomic mass is 32.1. The Kier molecular flexibility index (Phi) is 3.93. The second-order valence-electron chi connectivity index (χ2n) is 3.96. The molecule has 1 aromatic heterocycles. The highest BCUT2D eigenvalue weighted by Gasteiger charge is 2.11. The monoisotopic (exact) mass is 280 g/mol. The molecule has 5 heteroatoms. The summed E-state index contributed by atoms with van der Waals surface area (Å²) in [5.74, 6) is -0.328. The fraction of sp³-hybridized carbons (Fsp3) is 0.154. The summed E-state index contributed by atoms with van der Waals surface area (Å²) in [5.41, 5.74) is 7.05. The van der Waals surface area contributed by atoms with Gasteiger partial charge in [0.05, 0.1) is 6.54 Å². The van der Waals surface area contributed by atoms with Crippen LogP contribution in [0.25, 0.3) is 0 Å². The van der Waals surface area contributed by atoms with Crippen molar-refractivity contribution in [3.63, 3.8) is 0 Å². The van der Waals surface area contributed by atoms with Gasteiger partial charge in [-0.3, -0.25) is 0 Å². The van der Waals surface area contributed by atoms with E-state index in [1.54, 1.807) is 17.4 Å². The summed E-state index contributed by atoms with van der Waals surface area (Å²) in [7, 11) is 1.94. The lowest BCUT2D eigenvalue weighted by Gasteiger charge is -2.21. The zero-order valence-electron chi connectivity index (χ0n) is 9.89. The molecule has 0 atom stereocenters. The minimum atomic E-state index is -0.328. The van der Waals surface area contributed by atoms with E-state index in [2.05, 4.69) is 6.07 Å². The number of halogens is 1. The molecule has 2 nitrogen and oxygen atoms in total. The number of rotatable bonds is 4. The quantitative estimate of drug-likeness (QED) is 0.872. The molecule has 0 saturated carbocycles. The van der Waals surface area contributed by atoms with Gasteiger partial charge in [0.15, 0.2) is 0 Å². The minimum absolute atomic E-state index is 0.211. The van der Waals surface area contributed by atoms with Crippen LogP contribution >= 0.6 is 23.6 Å². The van der Waals surface area contributed by atoms with Crippen LogP contribution in [0.1, 0.15) is 10.4 Å². The molecule has 18 heavy (non-hydrogen) atoms. The summed E-state index contributed by atoms with van der Waals surface area (Å²) in [4.78, 5) is 3.46. The molecule has 0 bridgehead atoms. The zero-order valence-corrected chi connectivity index (χ0v) is 11.5. The fourth-order valence-electron chi connectivity index (χ4n) is 1.76. The Morgan fingerprint density at radius 1 is 1.44 bits per heavy atom. The molecule has 0 spiro atoms. The van der Waals surface area contributed by atoms with Crippen molar-refractivity contribution in [2.24, 2.45) is 5.73 Å². The van der Waals surface area contributed by atoms with Crippen LogP contribution < -0.4 is 10.6 Å². The number of hydrogen-bond acceptors (Lipinski definition) is 3. The van der Waals surface area contributed by atoms with Crippen LogP contribution in [0.15, 0.2) is 35.7 Å². The predicted molar refractivity (Wildman–Crippen MR) is 78.7 cm³/mol. The topological polar surface area (TPSA) is 29.3 Å². The summed E-state index contributed by atoms with van der Waals surface area (Å²) < 4.78 is 13.2. The van der Waals surface area contributed by atoms with Gasteiger partial charge in [0, 0.05) is 23.2 Å². The van der Waals surface area contributed by atoms with Crippen molar-refractivity contribution in [2.75, 3.05) is 11.9 Å². The van der Waals surface area contributed by atoms with Crippen molar-refractivity contribution in [1.29, 1.82) is 0 Å². The molecule has 0 unspecified atom stereocenters. The average molecular weight is 280 g/mol. The third-order valence-corrected chi connectivity index (χ3v) is 3.69. The SMILES string of the molecule is CN(Cc1cccs1)c1ccc(F)cc1C(N)=S. The van der Waals surface area contributed by atoms with Crippen LogP contribution in [-0.2, 0) is 6.54 Å². The van der Waals surface area contributed by atoms with Gasteiger partial charge in [-0.15, -0.1) is 11.3 Å². The van der Waals surface area contributed by atoms with E-state index in [1.807, 2.05) is 23.4 Å².